The molecule has 0 aromatic rings. The van der Waals surface area contributed by atoms with Gasteiger partial charge in [-0.2, -0.15) is 13.2 Å². The molecule has 0 aliphatic carbocycles. The van der Waals surface area contributed by atoms with Crippen LogP contribution in [0.15, 0.2) is 0 Å². The fourth-order valence-corrected chi connectivity index (χ4v) is 1.56. The molecule has 0 aliphatic heterocycles. The predicted octanol–water partition coefficient (Wildman–Crippen LogP) is 2.83. The van der Waals surface area contributed by atoms with Crippen LogP contribution in [0.25, 0.3) is 0 Å². The molecule has 0 fully saturated rings. The Morgan fingerprint density at radius 1 is 1.12 bits per heavy atom. The molecule has 0 amide bonds. The minimum atomic E-state index is -4.14. The summed E-state index contributed by atoms with van der Waals surface area (Å²) in [5.41, 5.74) is 5.41. The van der Waals surface area contributed by atoms with E-state index >= 15 is 0 Å². The molecule has 0 saturated carbocycles. The minimum Gasteiger partial charge on any atom is -0.329 e. The maximum Gasteiger partial charge on any atom is 0.401 e. The highest BCUT2D eigenvalue weighted by Gasteiger charge is 2.27. The molecule has 0 aromatic heterocycles. The smallest absolute Gasteiger partial charge is 0.329 e. The van der Waals surface area contributed by atoms with Crippen LogP contribution < -0.4 is 11.1 Å². The minimum absolute atomic E-state index is 0.205. The molecule has 0 bridgehead atoms. The van der Waals surface area contributed by atoms with Gasteiger partial charge in [0.05, 0.1) is 6.54 Å². The second-order valence-corrected chi connectivity index (χ2v) is 4.13. The number of hydrogen-bond donors (Lipinski definition) is 2. The van der Waals surface area contributed by atoms with Crippen molar-refractivity contribution in [1.82, 2.24) is 5.32 Å². The van der Waals surface area contributed by atoms with Crippen LogP contribution >= 0.6 is 0 Å². The van der Waals surface area contributed by atoms with E-state index in [9.17, 15) is 13.2 Å². The lowest BCUT2D eigenvalue weighted by Crippen LogP contribution is -2.41. The number of unbranched alkanes of at least 4 members (excludes halogenated alkanes) is 4. The highest BCUT2D eigenvalue weighted by Crippen LogP contribution is 2.13. The van der Waals surface area contributed by atoms with Gasteiger partial charge in [-0.1, -0.05) is 39.0 Å². The molecule has 16 heavy (non-hydrogen) atoms. The van der Waals surface area contributed by atoms with Crippen LogP contribution in [0.5, 0.6) is 0 Å². The number of nitrogens with two attached hydrogens (primary N) is 1. The van der Waals surface area contributed by atoms with Crippen LogP contribution in [0.4, 0.5) is 13.2 Å². The molecular formula is C11H23F3N2. The molecule has 3 N–H and O–H groups in total. The van der Waals surface area contributed by atoms with E-state index in [2.05, 4.69) is 12.2 Å². The van der Waals surface area contributed by atoms with Crippen molar-refractivity contribution < 1.29 is 13.2 Å². The van der Waals surface area contributed by atoms with E-state index in [1.807, 2.05) is 0 Å². The summed E-state index contributed by atoms with van der Waals surface area (Å²) < 4.78 is 35.8. The van der Waals surface area contributed by atoms with Crippen molar-refractivity contribution >= 4 is 0 Å². The quantitative estimate of drug-likeness (QED) is 0.608. The molecule has 0 aliphatic rings. The Hall–Kier alpha value is -0.290. The molecule has 1 atom stereocenters. The molecule has 0 heterocycles. The van der Waals surface area contributed by atoms with Crippen LogP contribution in [0.2, 0.25) is 0 Å². The molecule has 0 rings (SSSR count). The molecule has 5 heteroatoms. The lowest BCUT2D eigenvalue weighted by molar-refractivity contribution is -0.126. The fraction of sp³-hybridized carbons (Fsp3) is 1.00. The van der Waals surface area contributed by atoms with Gasteiger partial charge >= 0.3 is 6.18 Å². The van der Waals surface area contributed by atoms with Gasteiger partial charge in [0, 0.05) is 12.6 Å². The molecular weight excluding hydrogens is 217 g/mol. The Balaban J connectivity index is 3.52. The van der Waals surface area contributed by atoms with Crippen molar-refractivity contribution in [3.63, 3.8) is 0 Å². The summed E-state index contributed by atoms with van der Waals surface area (Å²) in [4.78, 5) is 0. The normalized spacial score (nSPS) is 14.1. The Morgan fingerprint density at radius 3 is 2.25 bits per heavy atom. The van der Waals surface area contributed by atoms with E-state index in [4.69, 9.17) is 5.73 Å². The second kappa shape index (κ2) is 8.82. The first-order chi connectivity index (χ1) is 7.49. The van der Waals surface area contributed by atoms with Crippen LogP contribution in [-0.2, 0) is 0 Å². The standard InChI is InChI=1S/C11H23F3N2/c1-2-3-4-5-6-7-10(8-15)16-9-11(12,13)14/h10,16H,2-9,15H2,1H3. The highest BCUT2D eigenvalue weighted by molar-refractivity contribution is 4.69. The van der Waals surface area contributed by atoms with Gasteiger partial charge in [0.1, 0.15) is 0 Å². The summed E-state index contributed by atoms with van der Waals surface area (Å²) in [7, 11) is 0. The number of rotatable bonds is 9. The lowest BCUT2D eigenvalue weighted by atomic mass is 10.1. The molecule has 0 radical (unpaired) electrons. The van der Waals surface area contributed by atoms with E-state index in [-0.39, 0.29) is 12.6 Å². The van der Waals surface area contributed by atoms with Gasteiger partial charge in [0.25, 0.3) is 0 Å². The van der Waals surface area contributed by atoms with Crippen LogP contribution in [0.3, 0.4) is 0 Å². The van der Waals surface area contributed by atoms with Crippen LogP contribution in [0, 0.1) is 0 Å². The molecule has 0 aromatic carbocycles. The van der Waals surface area contributed by atoms with Crippen LogP contribution in [-0.4, -0.2) is 25.3 Å². The van der Waals surface area contributed by atoms with E-state index in [1.165, 1.54) is 12.8 Å². The Kier molecular flexibility index (Phi) is 8.66. The fourth-order valence-electron chi connectivity index (χ4n) is 1.56. The SMILES string of the molecule is CCCCCCCC(CN)NCC(F)(F)F. The topological polar surface area (TPSA) is 38.0 Å². The zero-order chi connectivity index (χ0) is 12.4. The summed E-state index contributed by atoms with van der Waals surface area (Å²) in [6.45, 7) is 1.46. The van der Waals surface area contributed by atoms with Gasteiger partial charge in [-0.05, 0) is 6.42 Å². The Morgan fingerprint density at radius 2 is 1.75 bits per heavy atom. The zero-order valence-corrected chi connectivity index (χ0v) is 9.95. The number of alkyl halides is 3. The lowest BCUT2D eigenvalue weighted by Gasteiger charge is -2.17. The number of halogens is 3. The Labute approximate surface area is 95.8 Å². The first-order valence-corrected chi connectivity index (χ1v) is 5.99. The second-order valence-electron chi connectivity index (χ2n) is 4.13. The van der Waals surface area contributed by atoms with Crippen molar-refractivity contribution in [3.05, 3.63) is 0 Å². The maximum absolute atomic E-state index is 11.9. The van der Waals surface area contributed by atoms with Gasteiger partial charge in [-0.25, -0.2) is 0 Å². The van der Waals surface area contributed by atoms with Crippen molar-refractivity contribution in [1.29, 1.82) is 0 Å². The van der Waals surface area contributed by atoms with Crippen molar-refractivity contribution in [2.45, 2.75) is 57.7 Å². The first kappa shape index (κ1) is 15.7. The summed E-state index contributed by atoms with van der Waals surface area (Å²) in [5.74, 6) is 0. The summed E-state index contributed by atoms with van der Waals surface area (Å²) in [6, 6.07) is -0.205. The van der Waals surface area contributed by atoms with E-state index in [0.29, 0.717) is 0 Å². The van der Waals surface area contributed by atoms with Gasteiger partial charge in [-0.15, -0.1) is 0 Å². The van der Waals surface area contributed by atoms with E-state index < -0.39 is 12.7 Å². The van der Waals surface area contributed by atoms with Crippen molar-refractivity contribution in [2.75, 3.05) is 13.1 Å². The summed E-state index contributed by atoms with van der Waals surface area (Å²) in [6.07, 6.45) is 2.15. The third kappa shape index (κ3) is 10.2. The molecule has 2 nitrogen and oxygen atoms in total. The average molecular weight is 240 g/mol. The Bertz CT molecular complexity index is 160. The van der Waals surface area contributed by atoms with Gasteiger partial charge in [0.2, 0.25) is 0 Å². The maximum atomic E-state index is 11.9. The predicted molar refractivity (Wildman–Crippen MR) is 60.3 cm³/mol. The van der Waals surface area contributed by atoms with Crippen molar-refractivity contribution in [3.8, 4) is 0 Å². The van der Waals surface area contributed by atoms with Gasteiger partial charge in [0.15, 0.2) is 0 Å². The highest BCUT2D eigenvalue weighted by atomic mass is 19.4. The van der Waals surface area contributed by atoms with Gasteiger partial charge < -0.3 is 11.1 Å². The average Bonchev–Trinajstić information content (AvgIpc) is 2.21. The molecule has 98 valence electrons. The van der Waals surface area contributed by atoms with E-state index in [1.54, 1.807) is 0 Å². The number of hydrogen-bond acceptors (Lipinski definition) is 2. The number of nitrogens with one attached hydrogen (secondary N) is 1. The van der Waals surface area contributed by atoms with Crippen LogP contribution in [0.1, 0.15) is 45.4 Å². The monoisotopic (exact) mass is 240 g/mol. The first-order valence-electron chi connectivity index (χ1n) is 5.99. The van der Waals surface area contributed by atoms with Crippen molar-refractivity contribution in [2.24, 2.45) is 5.73 Å². The molecule has 1 unspecified atom stereocenters. The summed E-state index contributed by atoms with van der Waals surface area (Å²) >= 11 is 0. The third-order valence-corrected chi connectivity index (χ3v) is 2.53. The third-order valence-electron chi connectivity index (χ3n) is 2.53. The molecule has 0 saturated heterocycles. The molecule has 0 spiro atoms. The zero-order valence-electron chi connectivity index (χ0n) is 9.95. The largest absolute Gasteiger partial charge is 0.401 e. The van der Waals surface area contributed by atoms with E-state index in [0.717, 1.165) is 25.7 Å². The van der Waals surface area contributed by atoms with Gasteiger partial charge in [-0.3, -0.25) is 0 Å². The summed E-state index contributed by atoms with van der Waals surface area (Å²) in [5, 5.41) is 2.45.